The predicted octanol–water partition coefficient (Wildman–Crippen LogP) is 2.40. The third kappa shape index (κ3) is 1.81. The lowest BCUT2D eigenvalue weighted by Gasteiger charge is -2.31. The second-order valence-electron chi connectivity index (χ2n) is 5.80. The molecule has 0 fully saturated rings. The van der Waals surface area contributed by atoms with E-state index < -0.39 is 0 Å². The minimum Gasteiger partial charge on any atom is -0.328 e. The maximum absolute atomic E-state index is 4.90. The van der Waals surface area contributed by atoms with Crippen LogP contribution in [0.2, 0.25) is 0 Å². The number of fused-ring (bicyclic) bond motifs is 3. The van der Waals surface area contributed by atoms with Crippen LogP contribution in [0.3, 0.4) is 0 Å². The zero-order chi connectivity index (χ0) is 12.0. The average molecular weight is 233 g/mol. The summed E-state index contributed by atoms with van der Waals surface area (Å²) < 4.78 is 2.54. The Balaban J connectivity index is 2.00. The van der Waals surface area contributed by atoms with Crippen LogP contribution < -0.4 is 0 Å². The van der Waals surface area contributed by atoms with Crippen LogP contribution >= 0.6 is 0 Å². The Morgan fingerprint density at radius 3 is 2.94 bits per heavy atom. The first-order chi connectivity index (χ1) is 8.19. The fourth-order valence-corrected chi connectivity index (χ4v) is 3.51. The normalized spacial score (nSPS) is 28.9. The van der Waals surface area contributed by atoms with Gasteiger partial charge in [-0.25, -0.2) is 4.98 Å². The summed E-state index contributed by atoms with van der Waals surface area (Å²) in [7, 11) is 0. The van der Waals surface area contributed by atoms with Crippen LogP contribution in [0.25, 0.3) is 0 Å². The topological polar surface area (TPSA) is 21.1 Å². The third-order valence-electron chi connectivity index (χ3n) is 4.37. The molecule has 94 valence electrons. The molecule has 0 aromatic carbocycles. The maximum Gasteiger partial charge on any atom is 0.109 e. The molecule has 0 aliphatic carbocycles. The molecule has 0 N–H and O–H groups in total. The molecule has 3 heteroatoms. The van der Waals surface area contributed by atoms with Crippen molar-refractivity contribution in [2.24, 2.45) is 5.92 Å². The molecule has 3 nitrogen and oxygen atoms in total. The van der Waals surface area contributed by atoms with Crippen molar-refractivity contribution >= 4 is 0 Å². The van der Waals surface area contributed by atoms with E-state index in [0.29, 0.717) is 6.04 Å². The van der Waals surface area contributed by atoms with Crippen LogP contribution in [0.4, 0.5) is 0 Å². The highest BCUT2D eigenvalue weighted by Crippen LogP contribution is 2.33. The molecule has 1 aromatic rings. The minimum absolute atomic E-state index is 0.641. The van der Waals surface area contributed by atoms with Crippen molar-refractivity contribution in [3.63, 3.8) is 0 Å². The van der Waals surface area contributed by atoms with Gasteiger partial charge >= 0.3 is 0 Å². The quantitative estimate of drug-likeness (QED) is 0.742. The van der Waals surface area contributed by atoms with Gasteiger partial charge in [0.05, 0.1) is 11.4 Å². The predicted molar refractivity (Wildman–Crippen MR) is 69.1 cm³/mol. The molecule has 2 aliphatic rings. The summed E-state index contributed by atoms with van der Waals surface area (Å²) in [6, 6.07) is 0.641. The van der Waals surface area contributed by atoms with Crippen LogP contribution in [0.5, 0.6) is 0 Å². The summed E-state index contributed by atoms with van der Waals surface area (Å²) in [6.07, 6.45) is 3.62. The Morgan fingerprint density at radius 1 is 1.35 bits per heavy atom. The molecule has 1 aromatic heterocycles. The van der Waals surface area contributed by atoms with Gasteiger partial charge in [0.1, 0.15) is 5.82 Å². The van der Waals surface area contributed by atoms with Gasteiger partial charge in [-0.15, -0.1) is 0 Å². The van der Waals surface area contributed by atoms with Gasteiger partial charge in [0, 0.05) is 32.0 Å². The lowest BCUT2D eigenvalue weighted by Crippen LogP contribution is -2.32. The van der Waals surface area contributed by atoms with Crippen molar-refractivity contribution in [2.45, 2.75) is 52.6 Å². The molecule has 0 spiro atoms. The smallest absolute Gasteiger partial charge is 0.109 e. The molecule has 0 amide bonds. The fraction of sp³-hybridized carbons (Fsp3) is 0.786. The number of imidazole rings is 1. The van der Waals surface area contributed by atoms with Crippen molar-refractivity contribution in [1.29, 1.82) is 0 Å². The first-order valence-corrected chi connectivity index (χ1v) is 7.00. The van der Waals surface area contributed by atoms with Crippen LogP contribution in [-0.2, 0) is 19.4 Å². The van der Waals surface area contributed by atoms with Crippen molar-refractivity contribution in [3.05, 3.63) is 17.2 Å². The Labute approximate surface area is 104 Å². The molecule has 2 aliphatic heterocycles. The highest BCUT2D eigenvalue weighted by atomic mass is 15.2. The lowest BCUT2D eigenvalue weighted by molar-refractivity contribution is 0.248. The molecule has 3 heterocycles. The summed E-state index contributed by atoms with van der Waals surface area (Å²) in [5.41, 5.74) is 2.89. The average Bonchev–Trinajstić information content (AvgIpc) is 2.65. The van der Waals surface area contributed by atoms with E-state index in [1.165, 1.54) is 36.6 Å². The first kappa shape index (κ1) is 11.3. The van der Waals surface area contributed by atoms with E-state index in [-0.39, 0.29) is 0 Å². The number of likely N-dealkylation sites (N-methyl/N-ethyl adjacent to an activating group) is 1. The molecule has 2 atom stereocenters. The molecule has 0 radical (unpaired) electrons. The number of rotatable bonds is 1. The van der Waals surface area contributed by atoms with Gasteiger partial charge < -0.3 is 4.57 Å². The Morgan fingerprint density at radius 2 is 2.18 bits per heavy atom. The number of hydrogen-bond donors (Lipinski definition) is 0. The second-order valence-corrected chi connectivity index (χ2v) is 5.80. The van der Waals surface area contributed by atoms with E-state index >= 15 is 0 Å². The van der Waals surface area contributed by atoms with Gasteiger partial charge in [-0.05, 0) is 25.8 Å². The molecule has 0 saturated heterocycles. The van der Waals surface area contributed by atoms with Gasteiger partial charge in [0.15, 0.2) is 0 Å². The highest BCUT2D eigenvalue weighted by Gasteiger charge is 2.29. The van der Waals surface area contributed by atoms with E-state index in [4.69, 9.17) is 4.98 Å². The Hall–Kier alpha value is -0.830. The van der Waals surface area contributed by atoms with Crippen LogP contribution in [0.1, 0.15) is 50.4 Å². The fourth-order valence-electron chi connectivity index (χ4n) is 3.51. The summed E-state index contributed by atoms with van der Waals surface area (Å²) in [4.78, 5) is 7.43. The minimum atomic E-state index is 0.641. The molecule has 2 unspecified atom stereocenters. The Bertz CT molecular complexity index is 421. The number of hydrogen-bond acceptors (Lipinski definition) is 2. The van der Waals surface area contributed by atoms with Gasteiger partial charge in [0.2, 0.25) is 0 Å². The van der Waals surface area contributed by atoms with E-state index in [2.05, 4.69) is 30.2 Å². The van der Waals surface area contributed by atoms with Crippen molar-refractivity contribution in [1.82, 2.24) is 14.5 Å². The van der Waals surface area contributed by atoms with E-state index in [9.17, 15) is 0 Å². The zero-order valence-corrected chi connectivity index (χ0v) is 11.2. The zero-order valence-electron chi connectivity index (χ0n) is 11.2. The molecular formula is C14H23N3. The third-order valence-corrected chi connectivity index (χ3v) is 4.37. The van der Waals surface area contributed by atoms with E-state index in [1.54, 1.807) is 0 Å². The van der Waals surface area contributed by atoms with Gasteiger partial charge in [-0.1, -0.05) is 13.8 Å². The van der Waals surface area contributed by atoms with Crippen LogP contribution in [-0.4, -0.2) is 27.5 Å². The van der Waals surface area contributed by atoms with E-state index in [1.807, 2.05) is 0 Å². The summed E-state index contributed by atoms with van der Waals surface area (Å²) in [5.74, 6) is 2.14. The van der Waals surface area contributed by atoms with Gasteiger partial charge in [-0.3, -0.25) is 4.90 Å². The number of nitrogens with zero attached hydrogens (tertiary/aromatic N) is 3. The maximum atomic E-state index is 4.90. The molecular weight excluding hydrogens is 210 g/mol. The molecule has 0 saturated carbocycles. The standard InChI is InChI=1S/C14H23N3/c1-4-16-6-5-12-13(9-16)17-11(3)7-10(2)8-14(17)15-12/h10-11H,4-9H2,1-3H3. The van der Waals surface area contributed by atoms with Crippen molar-refractivity contribution in [2.75, 3.05) is 13.1 Å². The SMILES string of the molecule is CCN1CCc2nc3n(c2C1)C(C)CC(C)C3. The molecule has 17 heavy (non-hydrogen) atoms. The summed E-state index contributed by atoms with van der Waals surface area (Å²) >= 11 is 0. The largest absolute Gasteiger partial charge is 0.328 e. The molecule has 0 bridgehead atoms. The Kier molecular flexibility index (Phi) is 2.74. The van der Waals surface area contributed by atoms with Crippen molar-refractivity contribution < 1.29 is 0 Å². The lowest BCUT2D eigenvalue weighted by atomic mass is 9.94. The highest BCUT2D eigenvalue weighted by molar-refractivity contribution is 5.22. The van der Waals surface area contributed by atoms with Crippen LogP contribution in [0, 0.1) is 5.92 Å². The van der Waals surface area contributed by atoms with Crippen molar-refractivity contribution in [3.8, 4) is 0 Å². The summed E-state index contributed by atoms with van der Waals surface area (Å²) in [5, 5.41) is 0. The second kappa shape index (κ2) is 4.13. The number of aromatic nitrogens is 2. The summed E-state index contributed by atoms with van der Waals surface area (Å²) in [6.45, 7) is 10.4. The van der Waals surface area contributed by atoms with Crippen LogP contribution in [0.15, 0.2) is 0 Å². The van der Waals surface area contributed by atoms with Gasteiger partial charge in [0.25, 0.3) is 0 Å². The first-order valence-electron chi connectivity index (χ1n) is 7.00. The monoisotopic (exact) mass is 233 g/mol. The van der Waals surface area contributed by atoms with E-state index in [0.717, 1.165) is 25.4 Å². The molecule has 3 rings (SSSR count). The van der Waals surface area contributed by atoms with Gasteiger partial charge in [-0.2, -0.15) is 0 Å².